The first-order valence-electron chi connectivity index (χ1n) is 9.63. The predicted molar refractivity (Wildman–Crippen MR) is 118 cm³/mol. The van der Waals surface area contributed by atoms with Gasteiger partial charge in [-0.1, -0.05) is 46.3 Å². The second kappa shape index (κ2) is 9.61. The summed E-state index contributed by atoms with van der Waals surface area (Å²) in [5.74, 6) is -0.0939. The van der Waals surface area contributed by atoms with Gasteiger partial charge in [0.25, 0.3) is 0 Å². The van der Waals surface area contributed by atoms with Crippen LogP contribution in [0.15, 0.2) is 53.1 Å². The molecule has 6 nitrogen and oxygen atoms in total. The molecule has 0 unspecified atom stereocenters. The van der Waals surface area contributed by atoms with Crippen LogP contribution in [0.2, 0.25) is 0 Å². The van der Waals surface area contributed by atoms with Gasteiger partial charge in [-0.25, -0.2) is 0 Å². The van der Waals surface area contributed by atoms with Gasteiger partial charge >= 0.3 is 13.3 Å². The minimum Gasteiger partial charge on any atom is -0.361 e. The lowest BCUT2D eigenvalue weighted by Crippen LogP contribution is -2.25. The maximum Gasteiger partial charge on any atom is 0.399 e. The molecular weight excluding hydrogens is 493 g/mol. The zero-order chi connectivity index (χ0) is 22.6. The summed E-state index contributed by atoms with van der Waals surface area (Å²) in [4.78, 5) is 33.0. The second-order valence-electron chi connectivity index (χ2n) is 7.21. The first-order valence-corrected chi connectivity index (χ1v) is 12.0. The third kappa shape index (κ3) is 5.60. The molecule has 4 N–H and O–H groups in total. The molecule has 3 aromatic rings. The van der Waals surface area contributed by atoms with Crippen molar-refractivity contribution in [3.8, 4) is 0 Å². The summed E-state index contributed by atoms with van der Waals surface area (Å²) in [6.45, 7) is 0.326. The van der Waals surface area contributed by atoms with Crippen molar-refractivity contribution in [2.45, 2.75) is 31.3 Å². The number of aromatic nitrogens is 1. The van der Waals surface area contributed by atoms with Crippen LogP contribution in [-0.4, -0.2) is 27.2 Å². The average molecular weight is 515 g/mol. The monoisotopic (exact) mass is 514 g/mol. The Morgan fingerprint density at radius 1 is 1.16 bits per heavy atom. The van der Waals surface area contributed by atoms with E-state index in [1.165, 1.54) is 17.7 Å². The van der Waals surface area contributed by atoms with E-state index in [0.717, 1.165) is 23.4 Å². The van der Waals surface area contributed by atoms with Crippen molar-refractivity contribution in [3.63, 3.8) is 0 Å². The second-order valence-corrected chi connectivity index (χ2v) is 9.72. The van der Waals surface area contributed by atoms with Crippen LogP contribution in [0, 0.1) is 0 Å². The fraction of sp³-hybridized carbons (Fsp3) is 0.286. The SMILES string of the molecule is O=C(CCCc1c[nH]c2ccccc12)NCCc1ccc(C(F)(F)P(=O)(O)O)c(Br)c1. The molecule has 1 aromatic heterocycles. The molecule has 0 aliphatic rings. The number of aromatic amines is 1. The molecule has 0 aliphatic heterocycles. The molecule has 1 heterocycles. The Bertz CT molecular complexity index is 1130. The number of H-pyrrole nitrogens is 1. The summed E-state index contributed by atoms with van der Waals surface area (Å²) in [6.07, 6.45) is 4.20. The maximum atomic E-state index is 13.9. The highest BCUT2D eigenvalue weighted by Crippen LogP contribution is 2.60. The van der Waals surface area contributed by atoms with Crippen molar-refractivity contribution in [1.29, 1.82) is 0 Å². The molecule has 0 aliphatic carbocycles. The number of halogens is 3. The molecular formula is C21H22BrF2N2O4P. The Balaban J connectivity index is 1.46. The van der Waals surface area contributed by atoms with E-state index in [-0.39, 0.29) is 10.4 Å². The van der Waals surface area contributed by atoms with Crippen LogP contribution in [0.5, 0.6) is 0 Å². The van der Waals surface area contributed by atoms with E-state index in [1.807, 2.05) is 30.5 Å². The van der Waals surface area contributed by atoms with Gasteiger partial charge in [0.15, 0.2) is 0 Å². The molecule has 2 aromatic carbocycles. The molecule has 10 heteroatoms. The molecule has 0 spiro atoms. The van der Waals surface area contributed by atoms with Gasteiger partial charge in [0, 0.05) is 40.1 Å². The van der Waals surface area contributed by atoms with E-state index < -0.39 is 18.8 Å². The Labute approximate surface area is 186 Å². The zero-order valence-corrected chi connectivity index (χ0v) is 18.9. The van der Waals surface area contributed by atoms with Crippen molar-refractivity contribution < 1.29 is 27.9 Å². The number of amides is 1. The lowest BCUT2D eigenvalue weighted by Gasteiger charge is -2.19. The summed E-state index contributed by atoms with van der Waals surface area (Å²) < 4.78 is 38.7. The number of para-hydroxylation sites is 1. The first-order chi connectivity index (χ1) is 14.6. The summed E-state index contributed by atoms with van der Waals surface area (Å²) in [6, 6.07) is 11.7. The molecule has 31 heavy (non-hydrogen) atoms. The third-order valence-corrected chi connectivity index (χ3v) is 6.61. The number of alkyl halides is 2. The Kier molecular flexibility index (Phi) is 7.31. The van der Waals surface area contributed by atoms with E-state index in [0.29, 0.717) is 31.4 Å². The van der Waals surface area contributed by atoms with Gasteiger partial charge in [0.1, 0.15) is 0 Å². The number of aryl methyl sites for hydroxylation is 1. The van der Waals surface area contributed by atoms with E-state index in [2.05, 4.69) is 26.2 Å². The molecule has 0 radical (unpaired) electrons. The van der Waals surface area contributed by atoms with E-state index >= 15 is 0 Å². The number of carbonyl (C=O) groups excluding carboxylic acids is 1. The lowest BCUT2D eigenvalue weighted by molar-refractivity contribution is -0.121. The highest BCUT2D eigenvalue weighted by atomic mass is 79.9. The van der Waals surface area contributed by atoms with Crippen molar-refractivity contribution in [2.24, 2.45) is 0 Å². The van der Waals surface area contributed by atoms with Crippen LogP contribution in [0.3, 0.4) is 0 Å². The van der Waals surface area contributed by atoms with Gasteiger partial charge in [-0.05, 0) is 42.5 Å². The van der Waals surface area contributed by atoms with Crippen LogP contribution in [0.25, 0.3) is 10.9 Å². The van der Waals surface area contributed by atoms with Crippen molar-refractivity contribution in [1.82, 2.24) is 10.3 Å². The number of nitrogens with one attached hydrogen (secondary N) is 2. The topological polar surface area (TPSA) is 102 Å². The van der Waals surface area contributed by atoms with Crippen LogP contribution in [0.1, 0.15) is 29.5 Å². The highest BCUT2D eigenvalue weighted by molar-refractivity contribution is 9.10. The fourth-order valence-electron chi connectivity index (χ4n) is 3.33. The number of rotatable bonds is 9. The van der Waals surface area contributed by atoms with Gasteiger partial charge in [0.2, 0.25) is 5.91 Å². The summed E-state index contributed by atoms with van der Waals surface area (Å²) >= 11 is 2.95. The predicted octanol–water partition coefficient (Wildman–Crippen LogP) is 4.84. The Hall–Kier alpha value is -2.06. The van der Waals surface area contributed by atoms with Crippen LogP contribution in [0.4, 0.5) is 8.78 Å². The molecule has 0 fully saturated rings. The van der Waals surface area contributed by atoms with Crippen LogP contribution >= 0.6 is 23.5 Å². The van der Waals surface area contributed by atoms with Crippen molar-refractivity contribution in [2.75, 3.05) is 6.54 Å². The minimum atomic E-state index is -5.63. The Morgan fingerprint density at radius 3 is 2.61 bits per heavy atom. The normalized spacial score (nSPS) is 12.3. The number of fused-ring (bicyclic) bond motifs is 1. The fourth-order valence-corrected chi connectivity index (χ4v) is 4.66. The standard InChI is InChI=1S/C21H22BrF2N2O4P/c22-18-12-14(8-9-17(18)21(23,24)31(28,29)30)10-11-25-20(27)7-3-4-15-13-26-19-6-2-1-5-16(15)19/h1-2,5-6,8-9,12-13,26H,3-4,7,10-11H2,(H,25,27)(H2,28,29,30). The maximum absolute atomic E-state index is 13.9. The minimum absolute atomic E-state index is 0.0939. The first kappa shape index (κ1) is 23.6. The molecule has 0 bridgehead atoms. The van der Waals surface area contributed by atoms with Crippen LogP contribution in [-0.2, 0) is 27.9 Å². The number of carbonyl (C=O) groups is 1. The molecule has 0 atom stereocenters. The number of hydrogen-bond donors (Lipinski definition) is 4. The van der Waals surface area contributed by atoms with Crippen LogP contribution < -0.4 is 5.32 Å². The van der Waals surface area contributed by atoms with Crippen molar-refractivity contribution >= 4 is 40.3 Å². The van der Waals surface area contributed by atoms with Gasteiger partial charge in [-0.2, -0.15) is 8.78 Å². The zero-order valence-electron chi connectivity index (χ0n) is 16.4. The van der Waals surface area contributed by atoms with E-state index in [1.54, 1.807) is 0 Å². The quantitative estimate of drug-likeness (QED) is 0.307. The number of benzene rings is 2. The van der Waals surface area contributed by atoms with Crippen molar-refractivity contribution in [3.05, 3.63) is 69.8 Å². The summed E-state index contributed by atoms with van der Waals surface area (Å²) in [5, 5.41) is 3.96. The van der Waals surface area contributed by atoms with Gasteiger partial charge < -0.3 is 20.1 Å². The van der Waals surface area contributed by atoms with Gasteiger partial charge in [-0.3, -0.25) is 9.36 Å². The molecule has 0 saturated carbocycles. The third-order valence-electron chi connectivity index (χ3n) is 4.98. The van der Waals surface area contributed by atoms with Gasteiger partial charge in [-0.15, -0.1) is 0 Å². The smallest absolute Gasteiger partial charge is 0.361 e. The molecule has 3 rings (SSSR count). The average Bonchev–Trinajstić information content (AvgIpc) is 3.10. The summed E-state index contributed by atoms with van der Waals surface area (Å²) in [7, 11) is -5.63. The van der Waals surface area contributed by atoms with E-state index in [4.69, 9.17) is 9.79 Å². The number of hydrogen-bond acceptors (Lipinski definition) is 2. The highest BCUT2D eigenvalue weighted by Gasteiger charge is 2.51. The largest absolute Gasteiger partial charge is 0.399 e. The molecule has 0 saturated heterocycles. The lowest BCUT2D eigenvalue weighted by atomic mass is 10.1. The van der Waals surface area contributed by atoms with E-state index in [9.17, 15) is 18.1 Å². The molecule has 1 amide bonds. The van der Waals surface area contributed by atoms with Gasteiger partial charge in [0.05, 0.1) is 0 Å². The Morgan fingerprint density at radius 2 is 1.90 bits per heavy atom. The summed E-state index contributed by atoms with van der Waals surface area (Å²) in [5.41, 5.74) is -2.16. The molecule has 166 valence electrons.